The van der Waals surface area contributed by atoms with Gasteiger partial charge in [-0.25, -0.2) is 0 Å². The minimum atomic E-state index is -0.00643. The molecule has 1 heterocycles. The first-order valence-corrected chi connectivity index (χ1v) is 8.96. The van der Waals surface area contributed by atoms with Crippen LogP contribution in [0.2, 0.25) is 5.02 Å². The number of likely N-dealkylation sites (tertiary alicyclic amines) is 1. The van der Waals surface area contributed by atoms with Crippen LogP contribution in [0.3, 0.4) is 0 Å². The lowest BCUT2D eigenvalue weighted by Crippen LogP contribution is -2.40. The second kappa shape index (κ2) is 9.14. The van der Waals surface area contributed by atoms with Gasteiger partial charge < -0.3 is 19.7 Å². The van der Waals surface area contributed by atoms with Crippen molar-refractivity contribution in [1.82, 2.24) is 10.2 Å². The SMILES string of the molecule is CCCCOc1c(Cl)cc(C(=O)N2CCCC2CNC)cc1OC. The number of rotatable bonds is 8. The molecule has 1 aliphatic heterocycles. The van der Waals surface area contributed by atoms with E-state index in [9.17, 15) is 4.79 Å². The Balaban J connectivity index is 2.21. The molecule has 6 heteroatoms. The van der Waals surface area contributed by atoms with E-state index in [0.29, 0.717) is 28.7 Å². The Bertz CT molecular complexity index is 565. The van der Waals surface area contributed by atoms with Crippen molar-refractivity contribution in [3.05, 3.63) is 22.7 Å². The van der Waals surface area contributed by atoms with Crippen LogP contribution in [0.1, 0.15) is 43.0 Å². The Labute approximate surface area is 149 Å². The maximum atomic E-state index is 12.9. The molecule has 5 nitrogen and oxygen atoms in total. The number of benzene rings is 1. The summed E-state index contributed by atoms with van der Waals surface area (Å²) in [5, 5.41) is 3.57. The van der Waals surface area contributed by atoms with Crippen molar-refractivity contribution in [2.75, 3.05) is 33.9 Å². The van der Waals surface area contributed by atoms with Gasteiger partial charge in [-0.05, 0) is 38.4 Å². The molecule has 0 aromatic heterocycles. The molecule has 2 rings (SSSR count). The first-order chi connectivity index (χ1) is 11.6. The zero-order valence-corrected chi connectivity index (χ0v) is 15.5. The van der Waals surface area contributed by atoms with Gasteiger partial charge in [0.15, 0.2) is 11.5 Å². The normalized spacial score (nSPS) is 17.2. The first kappa shape index (κ1) is 18.9. The van der Waals surface area contributed by atoms with E-state index in [1.54, 1.807) is 19.2 Å². The number of carbonyl (C=O) groups is 1. The van der Waals surface area contributed by atoms with E-state index < -0.39 is 0 Å². The fourth-order valence-corrected chi connectivity index (χ4v) is 3.28. The number of likely N-dealkylation sites (N-methyl/N-ethyl adjacent to an activating group) is 1. The number of nitrogens with zero attached hydrogens (tertiary/aromatic N) is 1. The van der Waals surface area contributed by atoms with E-state index in [0.717, 1.165) is 38.8 Å². The number of methoxy groups -OCH3 is 1. The first-order valence-electron chi connectivity index (χ1n) is 8.58. The summed E-state index contributed by atoms with van der Waals surface area (Å²) in [5.74, 6) is 1.01. The molecule has 1 fully saturated rings. The molecule has 0 spiro atoms. The van der Waals surface area contributed by atoms with Crippen LogP contribution >= 0.6 is 11.6 Å². The summed E-state index contributed by atoms with van der Waals surface area (Å²) in [4.78, 5) is 14.8. The summed E-state index contributed by atoms with van der Waals surface area (Å²) >= 11 is 6.35. The minimum absolute atomic E-state index is 0.00643. The number of hydrogen-bond donors (Lipinski definition) is 1. The van der Waals surface area contributed by atoms with Crippen LogP contribution in [0, 0.1) is 0 Å². The van der Waals surface area contributed by atoms with Crippen molar-refractivity contribution >= 4 is 17.5 Å². The highest BCUT2D eigenvalue weighted by Crippen LogP contribution is 2.37. The molecular formula is C18H27ClN2O3. The molecule has 24 heavy (non-hydrogen) atoms. The van der Waals surface area contributed by atoms with Gasteiger partial charge in [-0.2, -0.15) is 0 Å². The van der Waals surface area contributed by atoms with E-state index in [4.69, 9.17) is 21.1 Å². The lowest BCUT2D eigenvalue weighted by Gasteiger charge is -2.25. The van der Waals surface area contributed by atoms with Gasteiger partial charge in [0.25, 0.3) is 5.91 Å². The monoisotopic (exact) mass is 354 g/mol. The van der Waals surface area contributed by atoms with Crippen LogP contribution < -0.4 is 14.8 Å². The highest BCUT2D eigenvalue weighted by molar-refractivity contribution is 6.32. The van der Waals surface area contributed by atoms with Gasteiger partial charge in [0.2, 0.25) is 0 Å². The number of unbranched alkanes of at least 4 members (excludes halogenated alkanes) is 1. The average Bonchev–Trinajstić information content (AvgIpc) is 3.04. The predicted octanol–water partition coefficient (Wildman–Crippen LogP) is 3.35. The quantitative estimate of drug-likeness (QED) is 0.727. The van der Waals surface area contributed by atoms with Gasteiger partial charge in [-0.3, -0.25) is 4.79 Å². The van der Waals surface area contributed by atoms with Crippen LogP contribution in [0.5, 0.6) is 11.5 Å². The summed E-state index contributed by atoms with van der Waals surface area (Å²) in [7, 11) is 3.47. The van der Waals surface area contributed by atoms with Gasteiger partial charge in [0, 0.05) is 24.7 Å². The Morgan fingerprint density at radius 2 is 2.25 bits per heavy atom. The second-order valence-corrected chi connectivity index (χ2v) is 6.45. The molecule has 1 aromatic carbocycles. The third kappa shape index (κ3) is 4.33. The largest absolute Gasteiger partial charge is 0.493 e. The van der Waals surface area contributed by atoms with Gasteiger partial charge in [-0.1, -0.05) is 24.9 Å². The second-order valence-electron chi connectivity index (χ2n) is 6.04. The van der Waals surface area contributed by atoms with Crippen molar-refractivity contribution in [3.63, 3.8) is 0 Å². The maximum absolute atomic E-state index is 12.9. The molecule has 1 unspecified atom stereocenters. The van der Waals surface area contributed by atoms with Gasteiger partial charge >= 0.3 is 0 Å². The van der Waals surface area contributed by atoms with Gasteiger partial charge in [-0.15, -0.1) is 0 Å². The minimum Gasteiger partial charge on any atom is -0.493 e. The summed E-state index contributed by atoms with van der Waals surface area (Å²) in [6, 6.07) is 3.64. The number of ether oxygens (including phenoxy) is 2. The van der Waals surface area contributed by atoms with E-state index in [-0.39, 0.29) is 11.9 Å². The molecular weight excluding hydrogens is 328 g/mol. The van der Waals surface area contributed by atoms with E-state index in [1.807, 2.05) is 11.9 Å². The van der Waals surface area contributed by atoms with Crippen LogP contribution in [0.25, 0.3) is 0 Å². The highest BCUT2D eigenvalue weighted by atomic mass is 35.5. The Kier molecular flexibility index (Phi) is 7.18. The Morgan fingerprint density at radius 1 is 1.46 bits per heavy atom. The number of halogens is 1. The molecule has 1 amide bonds. The smallest absolute Gasteiger partial charge is 0.254 e. The van der Waals surface area contributed by atoms with Crippen molar-refractivity contribution in [2.24, 2.45) is 0 Å². The summed E-state index contributed by atoms with van der Waals surface area (Å²) in [6.45, 7) is 4.26. The number of amides is 1. The third-order valence-corrected chi connectivity index (χ3v) is 4.58. The highest BCUT2D eigenvalue weighted by Gasteiger charge is 2.29. The van der Waals surface area contributed by atoms with E-state index in [2.05, 4.69) is 12.2 Å². The molecule has 0 saturated carbocycles. The standard InChI is InChI=1S/C18H27ClN2O3/c1-4-5-9-24-17-15(19)10-13(11-16(17)23-3)18(22)21-8-6-7-14(21)12-20-2/h10-11,14,20H,4-9,12H2,1-3H3. The summed E-state index contributed by atoms with van der Waals surface area (Å²) in [5.41, 5.74) is 0.544. The fraction of sp³-hybridized carbons (Fsp3) is 0.611. The average molecular weight is 355 g/mol. The van der Waals surface area contributed by atoms with Crippen molar-refractivity contribution < 1.29 is 14.3 Å². The van der Waals surface area contributed by atoms with Crippen LogP contribution in [0.4, 0.5) is 0 Å². The lowest BCUT2D eigenvalue weighted by atomic mass is 10.1. The third-order valence-electron chi connectivity index (χ3n) is 4.30. The maximum Gasteiger partial charge on any atom is 0.254 e. The topological polar surface area (TPSA) is 50.8 Å². The van der Waals surface area contributed by atoms with Crippen LogP contribution in [-0.2, 0) is 0 Å². The van der Waals surface area contributed by atoms with Crippen LogP contribution in [0.15, 0.2) is 12.1 Å². The molecule has 0 aliphatic carbocycles. The van der Waals surface area contributed by atoms with Gasteiger partial charge in [0.1, 0.15) is 0 Å². The lowest BCUT2D eigenvalue weighted by molar-refractivity contribution is 0.0736. The molecule has 0 bridgehead atoms. The Hall–Kier alpha value is -1.46. The molecule has 1 atom stereocenters. The number of nitrogens with one attached hydrogen (secondary N) is 1. The molecule has 0 radical (unpaired) electrons. The zero-order valence-electron chi connectivity index (χ0n) is 14.7. The zero-order chi connectivity index (χ0) is 17.5. The van der Waals surface area contributed by atoms with E-state index in [1.165, 1.54) is 0 Å². The van der Waals surface area contributed by atoms with Crippen molar-refractivity contribution in [2.45, 2.75) is 38.6 Å². The van der Waals surface area contributed by atoms with Crippen molar-refractivity contribution in [3.8, 4) is 11.5 Å². The van der Waals surface area contributed by atoms with Crippen molar-refractivity contribution in [1.29, 1.82) is 0 Å². The molecule has 1 aromatic rings. The molecule has 134 valence electrons. The summed E-state index contributed by atoms with van der Waals surface area (Å²) in [6.07, 6.45) is 4.04. The molecule has 1 saturated heterocycles. The summed E-state index contributed by atoms with van der Waals surface area (Å²) < 4.78 is 11.1. The van der Waals surface area contributed by atoms with Gasteiger partial charge in [0.05, 0.1) is 18.7 Å². The number of carbonyl (C=O) groups excluding carboxylic acids is 1. The fourth-order valence-electron chi connectivity index (χ4n) is 3.02. The molecule has 1 aliphatic rings. The predicted molar refractivity (Wildman–Crippen MR) is 96.4 cm³/mol. The molecule has 1 N–H and O–H groups in total. The number of hydrogen-bond acceptors (Lipinski definition) is 4. The Morgan fingerprint density at radius 3 is 2.92 bits per heavy atom. The van der Waals surface area contributed by atoms with Crippen LogP contribution in [-0.4, -0.2) is 50.7 Å². The van der Waals surface area contributed by atoms with E-state index >= 15 is 0 Å².